The molecule has 0 radical (unpaired) electrons. The van der Waals surface area contributed by atoms with E-state index in [2.05, 4.69) is 5.10 Å². The van der Waals surface area contributed by atoms with Gasteiger partial charge in [0.2, 0.25) is 0 Å². The highest BCUT2D eigenvalue weighted by Gasteiger charge is 2.09. The fourth-order valence-corrected chi connectivity index (χ4v) is 2.17. The van der Waals surface area contributed by atoms with Gasteiger partial charge in [0.05, 0.1) is 5.52 Å². The number of hydrogen-bond donors (Lipinski definition) is 2. The number of aromatic nitrogens is 2. The third-order valence-electron chi connectivity index (χ3n) is 3.10. The fourth-order valence-electron chi connectivity index (χ4n) is 2.17. The predicted molar refractivity (Wildman–Crippen MR) is 72.2 cm³/mol. The van der Waals surface area contributed by atoms with Gasteiger partial charge in [-0.05, 0) is 23.8 Å². The van der Waals surface area contributed by atoms with Gasteiger partial charge in [0.15, 0.2) is 5.82 Å². The summed E-state index contributed by atoms with van der Waals surface area (Å²) >= 11 is 0. The van der Waals surface area contributed by atoms with Crippen LogP contribution in [0.5, 0.6) is 5.75 Å². The van der Waals surface area contributed by atoms with Crippen molar-refractivity contribution < 1.29 is 5.11 Å². The summed E-state index contributed by atoms with van der Waals surface area (Å²) in [4.78, 5) is 0. The summed E-state index contributed by atoms with van der Waals surface area (Å²) in [5.41, 5.74) is 8.52. The number of rotatable bonds is 1. The second-order valence-electron chi connectivity index (χ2n) is 4.26. The van der Waals surface area contributed by atoms with Crippen LogP contribution in [0.25, 0.3) is 22.0 Å². The van der Waals surface area contributed by atoms with E-state index in [1.807, 2.05) is 37.4 Å². The van der Waals surface area contributed by atoms with Gasteiger partial charge in [0, 0.05) is 18.0 Å². The molecule has 2 aromatic carbocycles. The Morgan fingerprint density at radius 2 is 1.94 bits per heavy atom. The number of aryl methyl sites for hydroxylation is 1. The van der Waals surface area contributed by atoms with Gasteiger partial charge < -0.3 is 10.8 Å². The lowest BCUT2D eigenvalue weighted by Crippen LogP contribution is -1.91. The standard InChI is InChI=1S/C14H13N3O/c1-17-12-8-9(6-7-11(12)14(15)16-17)10-4-2-3-5-13(10)18/h2-8,18H,1H3,(H2,15,16). The van der Waals surface area contributed by atoms with E-state index in [-0.39, 0.29) is 5.75 Å². The second kappa shape index (κ2) is 3.77. The van der Waals surface area contributed by atoms with Crippen molar-refractivity contribution in [3.05, 3.63) is 42.5 Å². The summed E-state index contributed by atoms with van der Waals surface area (Å²) in [7, 11) is 1.85. The van der Waals surface area contributed by atoms with E-state index in [9.17, 15) is 5.11 Å². The molecule has 0 aliphatic carbocycles. The minimum absolute atomic E-state index is 0.270. The average molecular weight is 239 g/mol. The van der Waals surface area contributed by atoms with Gasteiger partial charge in [-0.15, -0.1) is 0 Å². The molecule has 90 valence electrons. The number of nitrogens with zero attached hydrogens (tertiary/aromatic N) is 2. The van der Waals surface area contributed by atoms with Crippen molar-refractivity contribution >= 4 is 16.7 Å². The molecule has 0 fully saturated rings. The van der Waals surface area contributed by atoms with Crippen molar-refractivity contribution in [2.24, 2.45) is 7.05 Å². The van der Waals surface area contributed by atoms with Gasteiger partial charge in [0.25, 0.3) is 0 Å². The van der Waals surface area contributed by atoms with Crippen LogP contribution in [0, 0.1) is 0 Å². The van der Waals surface area contributed by atoms with Crippen LogP contribution in [0.2, 0.25) is 0 Å². The number of fused-ring (bicyclic) bond motifs is 1. The lowest BCUT2D eigenvalue weighted by molar-refractivity contribution is 0.477. The zero-order valence-electron chi connectivity index (χ0n) is 9.96. The molecule has 0 aliphatic rings. The van der Waals surface area contributed by atoms with E-state index < -0.39 is 0 Å². The Balaban J connectivity index is 2.26. The maximum Gasteiger partial charge on any atom is 0.153 e. The number of para-hydroxylation sites is 1. The van der Waals surface area contributed by atoms with Crippen molar-refractivity contribution in [2.75, 3.05) is 5.73 Å². The fraction of sp³-hybridized carbons (Fsp3) is 0.0714. The van der Waals surface area contributed by atoms with Gasteiger partial charge in [-0.3, -0.25) is 4.68 Å². The van der Waals surface area contributed by atoms with E-state index in [4.69, 9.17) is 5.73 Å². The number of phenolic OH excluding ortho intramolecular Hbond substituents is 1. The van der Waals surface area contributed by atoms with Crippen LogP contribution < -0.4 is 5.73 Å². The van der Waals surface area contributed by atoms with E-state index in [1.165, 1.54) is 0 Å². The molecule has 3 aromatic rings. The molecule has 1 aromatic heterocycles. The van der Waals surface area contributed by atoms with Crippen LogP contribution in [0.1, 0.15) is 0 Å². The smallest absolute Gasteiger partial charge is 0.153 e. The Morgan fingerprint density at radius 3 is 2.72 bits per heavy atom. The van der Waals surface area contributed by atoms with Crippen molar-refractivity contribution in [2.45, 2.75) is 0 Å². The number of benzene rings is 2. The normalized spacial score (nSPS) is 10.9. The minimum atomic E-state index is 0.270. The summed E-state index contributed by atoms with van der Waals surface area (Å²) < 4.78 is 1.74. The van der Waals surface area contributed by atoms with Crippen molar-refractivity contribution in [1.82, 2.24) is 9.78 Å². The number of phenols is 1. The Kier molecular flexibility index (Phi) is 2.23. The molecule has 0 saturated carbocycles. The number of aromatic hydroxyl groups is 1. The molecule has 0 saturated heterocycles. The summed E-state index contributed by atoms with van der Waals surface area (Å²) in [6.07, 6.45) is 0. The van der Waals surface area contributed by atoms with Crippen LogP contribution in [-0.2, 0) is 7.05 Å². The van der Waals surface area contributed by atoms with E-state index in [0.717, 1.165) is 22.0 Å². The van der Waals surface area contributed by atoms with Crippen molar-refractivity contribution in [3.8, 4) is 16.9 Å². The first-order valence-corrected chi connectivity index (χ1v) is 5.67. The largest absolute Gasteiger partial charge is 0.507 e. The monoisotopic (exact) mass is 239 g/mol. The van der Waals surface area contributed by atoms with Gasteiger partial charge >= 0.3 is 0 Å². The average Bonchev–Trinajstić information content (AvgIpc) is 2.65. The molecule has 4 heteroatoms. The lowest BCUT2D eigenvalue weighted by atomic mass is 10.0. The third kappa shape index (κ3) is 1.50. The SMILES string of the molecule is Cn1nc(N)c2ccc(-c3ccccc3O)cc21. The van der Waals surface area contributed by atoms with Gasteiger partial charge in [0.1, 0.15) is 5.75 Å². The van der Waals surface area contributed by atoms with Crippen LogP contribution in [0.15, 0.2) is 42.5 Å². The Labute approximate surface area is 104 Å². The number of nitrogen functional groups attached to an aromatic ring is 1. The summed E-state index contributed by atoms with van der Waals surface area (Å²) in [6.45, 7) is 0. The zero-order valence-corrected chi connectivity index (χ0v) is 9.96. The molecule has 1 heterocycles. The topological polar surface area (TPSA) is 64.1 Å². The maximum atomic E-state index is 9.86. The van der Waals surface area contributed by atoms with Crippen LogP contribution in [-0.4, -0.2) is 14.9 Å². The lowest BCUT2D eigenvalue weighted by Gasteiger charge is -2.05. The zero-order chi connectivity index (χ0) is 12.7. The van der Waals surface area contributed by atoms with Gasteiger partial charge in [-0.2, -0.15) is 5.10 Å². The highest BCUT2D eigenvalue weighted by molar-refractivity contribution is 5.92. The number of hydrogen-bond acceptors (Lipinski definition) is 3. The number of nitrogens with two attached hydrogens (primary N) is 1. The first-order valence-electron chi connectivity index (χ1n) is 5.67. The van der Waals surface area contributed by atoms with E-state index in [1.54, 1.807) is 16.8 Å². The summed E-state index contributed by atoms with van der Waals surface area (Å²) in [5, 5.41) is 15.0. The molecule has 0 spiro atoms. The Morgan fingerprint density at radius 1 is 1.17 bits per heavy atom. The first kappa shape index (κ1) is 10.7. The molecule has 3 N–H and O–H groups in total. The molecule has 0 amide bonds. The Hall–Kier alpha value is -2.49. The maximum absolute atomic E-state index is 9.86. The van der Waals surface area contributed by atoms with Crippen LogP contribution in [0.3, 0.4) is 0 Å². The summed E-state index contributed by atoms with van der Waals surface area (Å²) in [5.74, 6) is 0.795. The molecular weight excluding hydrogens is 226 g/mol. The quantitative estimate of drug-likeness (QED) is 0.685. The van der Waals surface area contributed by atoms with E-state index in [0.29, 0.717) is 5.82 Å². The molecule has 0 aliphatic heterocycles. The highest BCUT2D eigenvalue weighted by atomic mass is 16.3. The number of anilines is 1. The molecule has 4 nitrogen and oxygen atoms in total. The molecular formula is C14H13N3O. The molecule has 0 bridgehead atoms. The van der Waals surface area contributed by atoms with Crippen molar-refractivity contribution in [3.63, 3.8) is 0 Å². The van der Waals surface area contributed by atoms with Crippen LogP contribution >= 0.6 is 0 Å². The molecule has 3 rings (SSSR count). The van der Waals surface area contributed by atoms with Crippen LogP contribution in [0.4, 0.5) is 5.82 Å². The molecule has 0 unspecified atom stereocenters. The minimum Gasteiger partial charge on any atom is -0.507 e. The van der Waals surface area contributed by atoms with Crippen molar-refractivity contribution in [1.29, 1.82) is 0 Å². The first-order chi connectivity index (χ1) is 8.66. The van der Waals surface area contributed by atoms with Gasteiger partial charge in [-0.1, -0.05) is 24.3 Å². The predicted octanol–water partition coefficient (Wildman–Crippen LogP) is 2.53. The second-order valence-corrected chi connectivity index (χ2v) is 4.26. The Bertz CT molecular complexity index is 731. The third-order valence-corrected chi connectivity index (χ3v) is 3.10. The molecule has 0 atom stereocenters. The summed E-state index contributed by atoms with van der Waals surface area (Å²) in [6, 6.07) is 13.1. The molecule has 18 heavy (non-hydrogen) atoms. The highest BCUT2D eigenvalue weighted by Crippen LogP contribution is 2.31. The van der Waals surface area contributed by atoms with Gasteiger partial charge in [-0.25, -0.2) is 0 Å². The van der Waals surface area contributed by atoms with E-state index >= 15 is 0 Å².